The topological polar surface area (TPSA) is 55.7 Å². The summed E-state index contributed by atoms with van der Waals surface area (Å²) in [6.07, 6.45) is 6.16. The monoisotopic (exact) mass is 362 g/mol. The van der Waals surface area contributed by atoms with E-state index in [2.05, 4.69) is 15.2 Å². The summed E-state index contributed by atoms with van der Waals surface area (Å²) in [4.78, 5) is 4.60. The highest BCUT2D eigenvalue weighted by molar-refractivity contribution is 5.82. The summed E-state index contributed by atoms with van der Waals surface area (Å²) in [5.74, 6) is 0.147. The van der Waals surface area contributed by atoms with Crippen LogP contribution >= 0.6 is 0 Å². The van der Waals surface area contributed by atoms with Crippen LogP contribution in [0.1, 0.15) is 5.56 Å². The van der Waals surface area contributed by atoms with Crippen molar-refractivity contribution >= 4 is 0 Å². The number of H-pyrrole nitrogens is 1. The molecule has 0 fully saturated rings. The molecule has 6 heteroatoms. The van der Waals surface area contributed by atoms with Gasteiger partial charge in [-0.1, -0.05) is 36.4 Å². The Kier molecular flexibility index (Phi) is 4.70. The Balaban J connectivity index is 1.85. The van der Waals surface area contributed by atoms with Gasteiger partial charge in [-0.3, -0.25) is 5.10 Å². The van der Waals surface area contributed by atoms with Crippen molar-refractivity contribution in [3.8, 4) is 28.3 Å². The van der Waals surface area contributed by atoms with Crippen molar-refractivity contribution in [2.45, 2.75) is 13.0 Å². The second-order valence-electron chi connectivity index (χ2n) is 6.17. The molecule has 0 aliphatic carbocycles. The van der Waals surface area contributed by atoms with Crippen LogP contribution in [0.3, 0.4) is 0 Å². The molecule has 27 heavy (non-hydrogen) atoms. The van der Waals surface area contributed by atoms with Gasteiger partial charge in [-0.15, -0.1) is 0 Å². The lowest BCUT2D eigenvalue weighted by molar-refractivity contribution is 0.413. The van der Waals surface area contributed by atoms with Crippen LogP contribution in [0, 0.1) is 5.82 Å². The molecule has 0 saturated carbocycles. The molecule has 2 heterocycles. The lowest BCUT2D eigenvalue weighted by atomic mass is 10.0. The van der Waals surface area contributed by atoms with Gasteiger partial charge in [-0.25, -0.2) is 9.37 Å². The predicted octanol–water partition coefficient (Wildman–Crippen LogP) is 4.33. The number of ether oxygens (including phenoxy) is 1. The average Bonchev–Trinajstić information content (AvgIpc) is 3.36. The van der Waals surface area contributed by atoms with Crippen LogP contribution < -0.4 is 4.74 Å². The van der Waals surface area contributed by atoms with Crippen LogP contribution in [0.25, 0.3) is 22.5 Å². The zero-order valence-electron chi connectivity index (χ0n) is 14.9. The molecule has 0 atom stereocenters. The Morgan fingerprint density at radius 3 is 2.70 bits per heavy atom. The van der Waals surface area contributed by atoms with Crippen LogP contribution in [0.4, 0.5) is 4.39 Å². The molecule has 2 aromatic carbocycles. The maximum absolute atomic E-state index is 14.9. The molecule has 136 valence electrons. The summed E-state index contributed by atoms with van der Waals surface area (Å²) >= 11 is 0. The van der Waals surface area contributed by atoms with Gasteiger partial charge in [0.2, 0.25) is 0 Å². The number of nitrogens with one attached hydrogen (secondary N) is 1. The molecule has 5 nitrogen and oxygen atoms in total. The fraction of sp³-hybridized carbons (Fsp3) is 0.143. The molecule has 0 aliphatic heterocycles. The normalized spacial score (nSPS) is 10.9. The van der Waals surface area contributed by atoms with Gasteiger partial charge in [0, 0.05) is 18.3 Å². The van der Waals surface area contributed by atoms with Gasteiger partial charge >= 0.3 is 0 Å². The van der Waals surface area contributed by atoms with Crippen molar-refractivity contribution in [1.82, 2.24) is 19.7 Å². The molecule has 0 amide bonds. The minimum Gasteiger partial charge on any atom is -0.496 e. The smallest absolute Gasteiger partial charge is 0.136 e. The van der Waals surface area contributed by atoms with Crippen molar-refractivity contribution in [2.75, 3.05) is 7.11 Å². The number of nitrogens with zero attached hydrogens (tertiary/aromatic N) is 3. The number of imidazole rings is 1. The lowest BCUT2D eigenvalue weighted by Crippen LogP contribution is -2.04. The van der Waals surface area contributed by atoms with E-state index in [0.29, 0.717) is 23.6 Å². The highest BCUT2D eigenvalue weighted by Crippen LogP contribution is 2.38. The molecule has 2 aromatic heterocycles. The number of benzene rings is 2. The lowest BCUT2D eigenvalue weighted by Gasteiger charge is -2.14. The predicted molar refractivity (Wildman–Crippen MR) is 102 cm³/mol. The fourth-order valence-electron chi connectivity index (χ4n) is 3.19. The molecule has 0 saturated heterocycles. The number of aryl methyl sites for hydroxylation is 2. The highest BCUT2D eigenvalue weighted by Gasteiger charge is 2.21. The van der Waals surface area contributed by atoms with Gasteiger partial charge in [-0.2, -0.15) is 5.10 Å². The van der Waals surface area contributed by atoms with Crippen LogP contribution in [-0.2, 0) is 13.0 Å². The van der Waals surface area contributed by atoms with E-state index in [1.54, 1.807) is 31.8 Å². The van der Waals surface area contributed by atoms with Crippen molar-refractivity contribution in [2.24, 2.45) is 0 Å². The first kappa shape index (κ1) is 17.0. The molecule has 4 rings (SSSR count). The zero-order chi connectivity index (χ0) is 18.6. The molecule has 0 spiro atoms. The van der Waals surface area contributed by atoms with Crippen LogP contribution in [-0.4, -0.2) is 26.9 Å². The van der Waals surface area contributed by atoms with Gasteiger partial charge in [0.25, 0.3) is 0 Å². The van der Waals surface area contributed by atoms with E-state index in [1.165, 1.54) is 6.07 Å². The minimum absolute atomic E-state index is 0.336. The Bertz CT molecular complexity index is 1030. The molecular weight excluding hydrogens is 343 g/mol. The highest BCUT2D eigenvalue weighted by atomic mass is 19.1. The quantitative estimate of drug-likeness (QED) is 0.555. The van der Waals surface area contributed by atoms with Crippen molar-refractivity contribution in [3.63, 3.8) is 0 Å². The summed E-state index contributed by atoms with van der Waals surface area (Å²) in [6.45, 7) is 0.645. The molecule has 0 unspecified atom stereocenters. The first-order chi connectivity index (χ1) is 13.3. The van der Waals surface area contributed by atoms with Gasteiger partial charge in [0.05, 0.1) is 36.6 Å². The standard InChI is InChI=1S/C21H19FN4O/c1-27-18-9-5-8-17(22)19(18)21-20(16-6-3-2-4-7-16)23-14-26(21)11-10-15-12-24-25-13-15/h2-9,12-14H,10-11H2,1H3,(H,24,25). The number of aromatic nitrogens is 4. The SMILES string of the molecule is COc1cccc(F)c1-c1c(-c2ccccc2)ncn1CCc1cn[nH]c1. The third-order valence-electron chi connectivity index (χ3n) is 4.51. The Labute approximate surface area is 156 Å². The number of methoxy groups -OCH3 is 1. The van der Waals surface area contributed by atoms with Crippen LogP contribution in [0.15, 0.2) is 67.3 Å². The Hall–Kier alpha value is -3.41. The summed E-state index contributed by atoms with van der Waals surface area (Å²) in [5.41, 5.74) is 3.87. The molecular formula is C21H19FN4O. The second-order valence-corrected chi connectivity index (χ2v) is 6.17. The molecule has 4 aromatic rings. The largest absolute Gasteiger partial charge is 0.496 e. The second kappa shape index (κ2) is 7.45. The van der Waals surface area contributed by atoms with Crippen molar-refractivity contribution in [1.29, 1.82) is 0 Å². The van der Waals surface area contributed by atoms with Crippen LogP contribution in [0.2, 0.25) is 0 Å². The molecule has 0 radical (unpaired) electrons. The Morgan fingerprint density at radius 2 is 1.96 bits per heavy atom. The average molecular weight is 362 g/mol. The summed E-state index contributed by atoms with van der Waals surface area (Å²) < 4.78 is 22.3. The summed E-state index contributed by atoms with van der Waals surface area (Å²) in [5, 5.41) is 6.80. The van der Waals surface area contributed by atoms with Gasteiger partial charge < -0.3 is 9.30 Å². The fourth-order valence-corrected chi connectivity index (χ4v) is 3.19. The molecule has 0 aliphatic rings. The van der Waals surface area contributed by atoms with E-state index in [0.717, 1.165) is 23.2 Å². The Morgan fingerprint density at radius 1 is 1.11 bits per heavy atom. The number of halogens is 1. The summed E-state index contributed by atoms with van der Waals surface area (Å²) in [7, 11) is 1.55. The van der Waals surface area contributed by atoms with E-state index in [1.807, 2.05) is 41.1 Å². The van der Waals surface area contributed by atoms with Crippen molar-refractivity contribution < 1.29 is 9.13 Å². The van der Waals surface area contributed by atoms with E-state index >= 15 is 0 Å². The van der Waals surface area contributed by atoms with Gasteiger partial charge in [0.1, 0.15) is 11.6 Å². The van der Waals surface area contributed by atoms with Crippen LogP contribution in [0.5, 0.6) is 5.75 Å². The number of hydrogen-bond donors (Lipinski definition) is 1. The number of hydrogen-bond acceptors (Lipinski definition) is 3. The summed E-state index contributed by atoms with van der Waals surface area (Å²) in [6, 6.07) is 14.6. The number of rotatable bonds is 6. The number of aromatic amines is 1. The maximum Gasteiger partial charge on any atom is 0.136 e. The first-order valence-electron chi connectivity index (χ1n) is 8.69. The van der Waals surface area contributed by atoms with E-state index in [-0.39, 0.29) is 5.82 Å². The van der Waals surface area contributed by atoms with E-state index < -0.39 is 0 Å². The third kappa shape index (κ3) is 3.33. The maximum atomic E-state index is 14.9. The van der Waals surface area contributed by atoms with Crippen molar-refractivity contribution in [3.05, 3.63) is 78.6 Å². The van der Waals surface area contributed by atoms with Gasteiger partial charge in [-0.05, 0) is 24.1 Å². The van der Waals surface area contributed by atoms with E-state index in [9.17, 15) is 4.39 Å². The molecule has 1 N–H and O–H groups in total. The van der Waals surface area contributed by atoms with Gasteiger partial charge in [0.15, 0.2) is 0 Å². The zero-order valence-corrected chi connectivity index (χ0v) is 14.9. The van der Waals surface area contributed by atoms with E-state index in [4.69, 9.17) is 4.74 Å². The third-order valence-corrected chi connectivity index (χ3v) is 4.51. The molecule has 0 bridgehead atoms. The minimum atomic E-state index is -0.336. The first-order valence-corrected chi connectivity index (χ1v) is 8.69.